The molecule has 0 spiro atoms. The lowest BCUT2D eigenvalue weighted by molar-refractivity contribution is -0.128. The van der Waals surface area contributed by atoms with E-state index in [0.29, 0.717) is 24.9 Å². The fourth-order valence-corrected chi connectivity index (χ4v) is 4.94. The van der Waals surface area contributed by atoms with Gasteiger partial charge < -0.3 is 9.47 Å². The molecule has 1 amide bonds. The van der Waals surface area contributed by atoms with Crippen LogP contribution in [0.5, 0.6) is 0 Å². The molecule has 0 N–H and O–H groups in total. The summed E-state index contributed by atoms with van der Waals surface area (Å²) in [6.07, 6.45) is 3.44. The smallest absolute Gasteiger partial charge is 0.219 e. The summed E-state index contributed by atoms with van der Waals surface area (Å²) in [5.74, 6) is 1.65. The van der Waals surface area contributed by atoms with Crippen molar-refractivity contribution in [1.29, 1.82) is 0 Å². The van der Waals surface area contributed by atoms with Gasteiger partial charge in [-0.2, -0.15) is 0 Å². The number of Topliss-reactive ketones (excluding diaryl/α,β-unsaturated/α-hetero) is 1. The summed E-state index contributed by atoms with van der Waals surface area (Å²) >= 11 is 0. The minimum absolute atomic E-state index is 0.00906. The van der Waals surface area contributed by atoms with Crippen molar-refractivity contribution in [3.63, 3.8) is 0 Å². The summed E-state index contributed by atoms with van der Waals surface area (Å²) in [4.78, 5) is 27.5. The highest BCUT2D eigenvalue weighted by Crippen LogP contribution is 2.34. The monoisotopic (exact) mass is 452 g/mol. The van der Waals surface area contributed by atoms with Crippen molar-refractivity contribution in [1.82, 2.24) is 19.7 Å². The van der Waals surface area contributed by atoms with E-state index in [-0.39, 0.29) is 23.5 Å². The summed E-state index contributed by atoms with van der Waals surface area (Å²) < 4.78 is 2.17. The Labute approximate surface area is 198 Å². The van der Waals surface area contributed by atoms with Crippen LogP contribution in [-0.2, 0) is 29.0 Å². The third kappa shape index (κ3) is 6.10. The number of benzene rings is 1. The van der Waals surface area contributed by atoms with Crippen molar-refractivity contribution in [2.24, 2.45) is 11.3 Å². The summed E-state index contributed by atoms with van der Waals surface area (Å²) in [6.45, 7) is 16.3. The van der Waals surface area contributed by atoms with Crippen molar-refractivity contribution < 1.29 is 9.59 Å². The second kappa shape index (κ2) is 10.2. The van der Waals surface area contributed by atoms with Crippen LogP contribution >= 0.6 is 0 Å². The largest absolute Gasteiger partial charge is 0.341 e. The number of hydrogen-bond acceptors (Lipinski definition) is 4. The van der Waals surface area contributed by atoms with Crippen LogP contribution in [0.25, 0.3) is 0 Å². The molecule has 1 aliphatic rings. The number of ketones is 1. The highest BCUT2D eigenvalue weighted by molar-refractivity contribution is 5.86. The predicted octanol–water partition coefficient (Wildman–Crippen LogP) is 4.66. The molecule has 6 heteroatoms. The van der Waals surface area contributed by atoms with Gasteiger partial charge in [-0.3, -0.25) is 9.59 Å². The molecule has 33 heavy (non-hydrogen) atoms. The fraction of sp³-hybridized carbons (Fsp3) is 0.630. The van der Waals surface area contributed by atoms with Crippen LogP contribution < -0.4 is 0 Å². The second-order valence-electron chi connectivity index (χ2n) is 10.8. The summed E-state index contributed by atoms with van der Waals surface area (Å²) in [5.41, 5.74) is 3.68. The number of rotatable bonds is 8. The minimum Gasteiger partial charge on any atom is -0.341 e. The van der Waals surface area contributed by atoms with Crippen molar-refractivity contribution in [2.45, 2.75) is 86.6 Å². The van der Waals surface area contributed by atoms with E-state index in [0.717, 1.165) is 48.6 Å². The third-order valence-electron chi connectivity index (χ3n) is 6.87. The number of likely N-dealkylation sites (tertiary alicyclic amines) is 1. The Morgan fingerprint density at radius 2 is 1.85 bits per heavy atom. The molecular weight excluding hydrogens is 412 g/mol. The molecule has 1 aromatic heterocycles. The maximum Gasteiger partial charge on any atom is 0.219 e. The molecule has 6 nitrogen and oxygen atoms in total. The summed E-state index contributed by atoms with van der Waals surface area (Å²) in [7, 11) is 0. The van der Waals surface area contributed by atoms with E-state index in [4.69, 9.17) is 0 Å². The molecule has 1 saturated heterocycles. The first-order chi connectivity index (χ1) is 15.5. The maximum absolute atomic E-state index is 13.5. The van der Waals surface area contributed by atoms with E-state index in [9.17, 15) is 9.59 Å². The van der Waals surface area contributed by atoms with Crippen molar-refractivity contribution in [3.8, 4) is 0 Å². The number of aromatic nitrogens is 3. The molecule has 3 rings (SSSR count). The first-order valence-corrected chi connectivity index (χ1v) is 12.3. The van der Waals surface area contributed by atoms with Crippen molar-refractivity contribution >= 4 is 11.7 Å². The molecule has 2 atom stereocenters. The normalized spacial score (nSPS) is 18.7. The molecule has 2 aromatic rings. The third-order valence-corrected chi connectivity index (χ3v) is 6.87. The van der Waals surface area contributed by atoms with E-state index in [1.54, 1.807) is 11.8 Å². The van der Waals surface area contributed by atoms with Gasteiger partial charge in [0.15, 0.2) is 0 Å². The highest BCUT2D eigenvalue weighted by atomic mass is 16.2. The second-order valence-corrected chi connectivity index (χ2v) is 10.8. The average Bonchev–Trinajstić information content (AvgIpc) is 3.33. The molecule has 0 unspecified atom stereocenters. The van der Waals surface area contributed by atoms with Crippen LogP contribution in [0.2, 0.25) is 0 Å². The van der Waals surface area contributed by atoms with Crippen LogP contribution in [0.1, 0.15) is 81.7 Å². The molecule has 0 bridgehead atoms. The van der Waals surface area contributed by atoms with Gasteiger partial charge in [-0.05, 0) is 50.2 Å². The Balaban J connectivity index is 1.84. The molecule has 1 fully saturated rings. The summed E-state index contributed by atoms with van der Waals surface area (Å²) in [5, 5.41) is 9.09. The zero-order chi connectivity index (χ0) is 24.3. The van der Waals surface area contributed by atoms with Crippen LogP contribution in [-0.4, -0.2) is 44.4 Å². The van der Waals surface area contributed by atoms with Gasteiger partial charge in [0.2, 0.25) is 5.91 Å². The summed E-state index contributed by atoms with van der Waals surface area (Å²) in [6, 6.07) is 6.23. The molecule has 0 radical (unpaired) electrons. The van der Waals surface area contributed by atoms with Gasteiger partial charge in [0.25, 0.3) is 0 Å². The standard InChI is InChI=1S/C27H40N4O2/c1-8-31-25(10-9-13-27(5,6)7)28-29-26(31)23-17-30(20(4)32)16-22(23)24(33)15-21-12-11-18(2)14-19(21)3/h11-12,14,22-23H,8-10,13,15-17H2,1-7H3/t22-,23-/m0/s1. The van der Waals surface area contributed by atoms with Crippen molar-refractivity contribution in [2.75, 3.05) is 13.1 Å². The quantitative estimate of drug-likeness (QED) is 0.584. The lowest BCUT2D eigenvalue weighted by Gasteiger charge is -2.19. The molecule has 0 aliphatic carbocycles. The zero-order valence-corrected chi connectivity index (χ0v) is 21.4. The molecule has 2 heterocycles. The lowest BCUT2D eigenvalue weighted by Crippen LogP contribution is -2.28. The van der Waals surface area contributed by atoms with E-state index in [2.05, 4.69) is 74.5 Å². The van der Waals surface area contributed by atoms with Gasteiger partial charge in [0.1, 0.15) is 17.4 Å². The van der Waals surface area contributed by atoms with E-state index in [1.807, 2.05) is 0 Å². The topological polar surface area (TPSA) is 68.1 Å². The minimum atomic E-state index is -0.258. The van der Waals surface area contributed by atoms with Gasteiger partial charge in [0, 0.05) is 51.2 Å². The molecule has 0 saturated carbocycles. The van der Waals surface area contributed by atoms with Crippen LogP contribution in [0.3, 0.4) is 0 Å². The SMILES string of the molecule is CCn1c(CCCC(C)(C)C)nnc1[C@H]1CN(C(C)=O)C[C@@H]1C(=O)Cc1ccc(C)cc1C. The first-order valence-electron chi connectivity index (χ1n) is 12.3. The number of carbonyl (C=O) groups is 2. The van der Waals surface area contributed by atoms with Gasteiger partial charge in [0.05, 0.1) is 0 Å². The zero-order valence-electron chi connectivity index (χ0n) is 21.4. The van der Waals surface area contributed by atoms with Crippen LogP contribution in [0.4, 0.5) is 0 Å². The molecule has 1 aromatic carbocycles. The number of aryl methyl sites for hydroxylation is 3. The number of hydrogen-bond donors (Lipinski definition) is 0. The van der Waals surface area contributed by atoms with Crippen LogP contribution in [0, 0.1) is 25.2 Å². The van der Waals surface area contributed by atoms with E-state index >= 15 is 0 Å². The molecule has 180 valence electrons. The highest BCUT2D eigenvalue weighted by Gasteiger charge is 2.42. The van der Waals surface area contributed by atoms with E-state index in [1.165, 1.54) is 5.56 Å². The maximum atomic E-state index is 13.5. The van der Waals surface area contributed by atoms with Gasteiger partial charge in [-0.1, -0.05) is 44.5 Å². The Bertz CT molecular complexity index is 1000. The first kappa shape index (κ1) is 25.1. The molecular formula is C27H40N4O2. The lowest BCUT2D eigenvalue weighted by atomic mass is 9.87. The number of nitrogens with zero attached hydrogens (tertiary/aromatic N) is 4. The number of carbonyl (C=O) groups excluding carboxylic acids is 2. The van der Waals surface area contributed by atoms with E-state index < -0.39 is 0 Å². The fourth-order valence-electron chi connectivity index (χ4n) is 4.94. The Morgan fingerprint density at radius 1 is 1.12 bits per heavy atom. The average molecular weight is 453 g/mol. The van der Waals surface area contributed by atoms with Gasteiger partial charge in [-0.15, -0.1) is 10.2 Å². The van der Waals surface area contributed by atoms with Crippen LogP contribution in [0.15, 0.2) is 18.2 Å². The number of amides is 1. The van der Waals surface area contributed by atoms with Crippen molar-refractivity contribution in [3.05, 3.63) is 46.5 Å². The predicted molar refractivity (Wildman–Crippen MR) is 131 cm³/mol. The Morgan fingerprint density at radius 3 is 2.45 bits per heavy atom. The van der Waals surface area contributed by atoms with Gasteiger partial charge >= 0.3 is 0 Å². The Hall–Kier alpha value is -2.50. The Kier molecular flexibility index (Phi) is 7.76. The van der Waals surface area contributed by atoms with Gasteiger partial charge in [-0.25, -0.2) is 0 Å². The molecule has 1 aliphatic heterocycles.